The molecule has 0 spiro atoms. The minimum absolute atomic E-state index is 0.0287. The van der Waals surface area contributed by atoms with Gasteiger partial charge in [0.1, 0.15) is 10.7 Å². The van der Waals surface area contributed by atoms with E-state index in [1.54, 1.807) is 23.1 Å². The lowest BCUT2D eigenvalue weighted by molar-refractivity contribution is -0.119. The number of halogens is 1. The van der Waals surface area contributed by atoms with Crippen molar-refractivity contribution in [2.45, 2.75) is 24.3 Å². The van der Waals surface area contributed by atoms with E-state index in [1.165, 1.54) is 18.2 Å². The van der Waals surface area contributed by atoms with E-state index < -0.39 is 20.7 Å². The van der Waals surface area contributed by atoms with Crippen molar-refractivity contribution in [1.82, 2.24) is 0 Å². The molecule has 0 aromatic heterocycles. The van der Waals surface area contributed by atoms with Crippen molar-refractivity contribution in [3.8, 4) is 0 Å². The molecule has 1 heterocycles. The zero-order valence-electron chi connectivity index (χ0n) is 15.5. The number of benzene rings is 3. The van der Waals surface area contributed by atoms with Crippen LogP contribution in [0.1, 0.15) is 17.5 Å². The van der Waals surface area contributed by atoms with Crippen molar-refractivity contribution in [2.24, 2.45) is 0 Å². The number of fused-ring (bicyclic) bond motifs is 1. The second kappa shape index (κ2) is 7.67. The number of anilines is 2. The summed E-state index contributed by atoms with van der Waals surface area (Å²) in [5.41, 5.74) is 2.98. The number of carbonyl (C=O) groups excluding carboxylic acids is 1. The second-order valence-electron chi connectivity index (χ2n) is 6.84. The van der Waals surface area contributed by atoms with Gasteiger partial charge in [0.15, 0.2) is 0 Å². The van der Waals surface area contributed by atoms with Crippen LogP contribution in [0, 0.1) is 5.82 Å². The summed E-state index contributed by atoms with van der Waals surface area (Å²) in [4.78, 5) is 13.8. The van der Waals surface area contributed by atoms with Gasteiger partial charge in [0.05, 0.1) is 6.54 Å². The minimum atomic E-state index is -4.05. The number of nitrogens with one attached hydrogen (secondary N) is 1. The summed E-state index contributed by atoms with van der Waals surface area (Å²) in [7, 11) is -4.05. The Hall–Kier alpha value is -3.19. The number of hydrogen-bond donors (Lipinski definition) is 1. The normalized spacial score (nSPS) is 13.8. The number of rotatable bonds is 5. The molecule has 0 saturated carbocycles. The fourth-order valence-electron chi connectivity index (χ4n) is 3.44. The van der Waals surface area contributed by atoms with Gasteiger partial charge >= 0.3 is 0 Å². The lowest BCUT2D eigenvalue weighted by Crippen LogP contribution is -2.34. The summed E-state index contributed by atoms with van der Waals surface area (Å²) < 4.78 is 41.4. The molecular formula is C22H19FN2O3S. The van der Waals surface area contributed by atoms with Gasteiger partial charge in [-0.25, -0.2) is 12.8 Å². The molecule has 0 bridgehead atoms. The van der Waals surface area contributed by atoms with Gasteiger partial charge in [-0.05, 0) is 47.9 Å². The molecule has 0 saturated heterocycles. The zero-order chi connectivity index (χ0) is 20.4. The summed E-state index contributed by atoms with van der Waals surface area (Å²) >= 11 is 0. The van der Waals surface area contributed by atoms with Crippen LogP contribution in [0.5, 0.6) is 0 Å². The Morgan fingerprint density at radius 1 is 0.931 bits per heavy atom. The van der Waals surface area contributed by atoms with Crippen LogP contribution < -0.4 is 9.62 Å². The maximum atomic E-state index is 13.9. The van der Waals surface area contributed by atoms with Crippen LogP contribution in [0.4, 0.5) is 15.8 Å². The third kappa shape index (κ3) is 4.00. The predicted molar refractivity (Wildman–Crippen MR) is 110 cm³/mol. The highest BCUT2D eigenvalue weighted by Gasteiger charge is 2.25. The largest absolute Gasteiger partial charge is 0.308 e. The molecule has 0 unspecified atom stereocenters. The first-order chi connectivity index (χ1) is 13.9. The van der Waals surface area contributed by atoms with Crippen LogP contribution in [0.3, 0.4) is 0 Å². The molecule has 0 atom stereocenters. The summed E-state index contributed by atoms with van der Waals surface area (Å²) in [5, 5.41) is 0. The summed E-state index contributed by atoms with van der Waals surface area (Å²) in [6.07, 6.45) is 0.873. The highest BCUT2D eigenvalue weighted by Crippen LogP contribution is 2.32. The molecule has 7 heteroatoms. The van der Waals surface area contributed by atoms with Crippen LogP contribution in [0.2, 0.25) is 0 Å². The van der Waals surface area contributed by atoms with Gasteiger partial charge in [0.2, 0.25) is 5.91 Å². The Labute approximate surface area is 168 Å². The lowest BCUT2D eigenvalue weighted by atomic mass is 10.00. The maximum absolute atomic E-state index is 13.9. The summed E-state index contributed by atoms with van der Waals surface area (Å²) in [5.74, 6) is -0.779. The van der Waals surface area contributed by atoms with Crippen molar-refractivity contribution in [3.63, 3.8) is 0 Å². The van der Waals surface area contributed by atoms with Gasteiger partial charge in [-0.15, -0.1) is 0 Å². The molecular weight excluding hydrogens is 391 g/mol. The Kier molecular flexibility index (Phi) is 5.07. The Morgan fingerprint density at radius 3 is 2.41 bits per heavy atom. The van der Waals surface area contributed by atoms with Gasteiger partial charge in [0.25, 0.3) is 10.0 Å². The highest BCUT2D eigenvalue weighted by molar-refractivity contribution is 7.92. The number of carbonyl (C=O) groups is 1. The van der Waals surface area contributed by atoms with Crippen LogP contribution in [-0.4, -0.2) is 14.3 Å². The molecule has 0 fully saturated rings. The molecule has 0 radical (unpaired) electrons. The summed E-state index contributed by atoms with van der Waals surface area (Å²) in [6, 6.07) is 19.9. The average molecular weight is 410 g/mol. The second-order valence-corrected chi connectivity index (χ2v) is 8.50. The van der Waals surface area contributed by atoms with Gasteiger partial charge in [-0.1, -0.05) is 42.5 Å². The molecule has 1 aliphatic heterocycles. The van der Waals surface area contributed by atoms with Crippen LogP contribution in [0.25, 0.3) is 0 Å². The van der Waals surface area contributed by atoms with E-state index >= 15 is 0 Å². The third-order valence-corrected chi connectivity index (χ3v) is 6.26. The maximum Gasteiger partial charge on any atom is 0.264 e. The predicted octanol–water partition coefficient (Wildman–Crippen LogP) is 4.11. The van der Waals surface area contributed by atoms with E-state index in [0.29, 0.717) is 25.1 Å². The molecule has 1 N–H and O–H groups in total. The third-order valence-electron chi connectivity index (χ3n) is 4.84. The Balaban J connectivity index is 1.62. The molecule has 3 aromatic carbocycles. The fraction of sp³-hybridized carbons (Fsp3) is 0.136. The van der Waals surface area contributed by atoms with E-state index in [9.17, 15) is 17.6 Å². The first-order valence-corrected chi connectivity index (χ1v) is 10.7. The van der Waals surface area contributed by atoms with Crippen LogP contribution >= 0.6 is 0 Å². The van der Waals surface area contributed by atoms with Gasteiger partial charge < -0.3 is 4.90 Å². The van der Waals surface area contributed by atoms with Gasteiger partial charge in [-0.2, -0.15) is 0 Å². The van der Waals surface area contributed by atoms with E-state index in [-0.39, 0.29) is 5.91 Å². The number of aryl methyl sites for hydroxylation is 1. The van der Waals surface area contributed by atoms with E-state index in [4.69, 9.17) is 0 Å². The molecule has 4 rings (SSSR count). The Bertz CT molecular complexity index is 1160. The Morgan fingerprint density at radius 2 is 1.66 bits per heavy atom. The number of nitrogens with zero attached hydrogens (tertiary/aromatic N) is 1. The highest BCUT2D eigenvalue weighted by atomic mass is 32.2. The molecule has 1 aliphatic rings. The van der Waals surface area contributed by atoms with E-state index in [2.05, 4.69) is 4.72 Å². The summed E-state index contributed by atoms with van der Waals surface area (Å²) in [6.45, 7) is 0.451. The minimum Gasteiger partial charge on any atom is -0.308 e. The standard InChI is InChI=1S/C22H19FN2O3S/c23-19-8-4-5-9-21(19)29(27,28)24-18-11-12-20-17(14-18)10-13-22(26)25(20)15-16-6-2-1-3-7-16/h1-9,11-12,14,24H,10,13,15H2. The van der Waals surface area contributed by atoms with Gasteiger partial charge in [0, 0.05) is 17.8 Å². The lowest BCUT2D eigenvalue weighted by Gasteiger charge is -2.30. The topological polar surface area (TPSA) is 66.5 Å². The molecule has 29 heavy (non-hydrogen) atoms. The number of amides is 1. The van der Waals surface area contributed by atoms with Crippen molar-refractivity contribution < 1.29 is 17.6 Å². The molecule has 5 nitrogen and oxygen atoms in total. The zero-order valence-corrected chi connectivity index (χ0v) is 16.3. The van der Waals surface area contributed by atoms with Crippen molar-refractivity contribution >= 4 is 27.3 Å². The average Bonchev–Trinajstić information content (AvgIpc) is 2.71. The smallest absolute Gasteiger partial charge is 0.264 e. The first kappa shape index (κ1) is 19.1. The SMILES string of the molecule is O=C1CCc2cc(NS(=O)(=O)c3ccccc3F)ccc2N1Cc1ccccc1. The molecule has 148 valence electrons. The van der Waals surface area contributed by atoms with Crippen molar-refractivity contribution in [1.29, 1.82) is 0 Å². The number of sulfonamides is 1. The van der Waals surface area contributed by atoms with E-state index in [0.717, 1.165) is 22.9 Å². The first-order valence-electron chi connectivity index (χ1n) is 9.18. The monoisotopic (exact) mass is 410 g/mol. The van der Waals surface area contributed by atoms with E-state index in [1.807, 2.05) is 30.3 Å². The quantitative estimate of drug-likeness (QED) is 0.689. The van der Waals surface area contributed by atoms with Crippen molar-refractivity contribution in [2.75, 3.05) is 9.62 Å². The number of hydrogen-bond acceptors (Lipinski definition) is 3. The molecule has 3 aromatic rings. The molecule has 1 amide bonds. The fourth-order valence-corrected chi connectivity index (χ4v) is 4.57. The van der Waals surface area contributed by atoms with Gasteiger partial charge in [-0.3, -0.25) is 9.52 Å². The van der Waals surface area contributed by atoms with Crippen LogP contribution in [0.15, 0.2) is 77.7 Å². The molecule has 0 aliphatic carbocycles. The van der Waals surface area contributed by atoms with Crippen LogP contribution in [-0.2, 0) is 27.8 Å². The van der Waals surface area contributed by atoms with Crippen molar-refractivity contribution in [3.05, 3.63) is 89.7 Å².